The molecule has 0 aliphatic heterocycles. The Balaban J connectivity index is 2.05. The summed E-state index contributed by atoms with van der Waals surface area (Å²) in [5, 5.41) is 21.1. The Kier molecular flexibility index (Phi) is 5.36. The molecular formula is C17H24N2O4. The molecule has 1 aliphatic rings. The molecule has 1 amide bonds. The van der Waals surface area contributed by atoms with E-state index >= 15 is 0 Å². The van der Waals surface area contributed by atoms with Crippen molar-refractivity contribution >= 4 is 11.6 Å². The van der Waals surface area contributed by atoms with E-state index in [4.69, 9.17) is 0 Å². The standard InChI is InChI=1S/C17H24N2O4/c1-13(2)18(16(20)11-17(21)9-3-4-10-17)12-14-5-7-15(8-6-14)19(22)23/h5-8,13,21H,3-4,9-12H2,1-2H3. The van der Waals surface area contributed by atoms with E-state index in [0.29, 0.717) is 19.4 Å². The minimum atomic E-state index is -0.861. The molecule has 126 valence electrons. The third-order valence-electron chi connectivity index (χ3n) is 4.46. The molecule has 2 rings (SSSR count). The number of hydrogen-bond acceptors (Lipinski definition) is 4. The third-order valence-corrected chi connectivity index (χ3v) is 4.46. The summed E-state index contributed by atoms with van der Waals surface area (Å²) in [7, 11) is 0. The highest BCUT2D eigenvalue weighted by Crippen LogP contribution is 2.33. The van der Waals surface area contributed by atoms with Crippen LogP contribution in [-0.4, -0.2) is 32.5 Å². The summed E-state index contributed by atoms with van der Waals surface area (Å²) in [6, 6.07) is 6.24. The van der Waals surface area contributed by atoms with Gasteiger partial charge >= 0.3 is 0 Å². The first-order valence-corrected chi connectivity index (χ1v) is 8.06. The smallest absolute Gasteiger partial charge is 0.269 e. The number of nitro benzene ring substituents is 1. The Hall–Kier alpha value is -1.95. The maximum absolute atomic E-state index is 12.6. The topological polar surface area (TPSA) is 83.7 Å². The van der Waals surface area contributed by atoms with Crippen molar-refractivity contribution in [3.63, 3.8) is 0 Å². The molecule has 1 aromatic carbocycles. The van der Waals surface area contributed by atoms with Gasteiger partial charge in [0.25, 0.3) is 5.69 Å². The van der Waals surface area contributed by atoms with Gasteiger partial charge in [-0.1, -0.05) is 25.0 Å². The van der Waals surface area contributed by atoms with Gasteiger partial charge in [-0.3, -0.25) is 14.9 Å². The number of hydrogen-bond donors (Lipinski definition) is 1. The Morgan fingerprint density at radius 3 is 2.35 bits per heavy atom. The number of amides is 1. The number of aliphatic hydroxyl groups is 1. The molecule has 0 heterocycles. The number of benzene rings is 1. The van der Waals surface area contributed by atoms with Gasteiger partial charge in [-0.05, 0) is 32.3 Å². The summed E-state index contributed by atoms with van der Waals surface area (Å²) in [4.78, 5) is 24.6. The van der Waals surface area contributed by atoms with Crippen molar-refractivity contribution in [2.45, 2.75) is 64.1 Å². The van der Waals surface area contributed by atoms with Gasteiger partial charge in [0.15, 0.2) is 0 Å². The fourth-order valence-corrected chi connectivity index (χ4v) is 3.07. The zero-order chi connectivity index (χ0) is 17.0. The molecule has 6 nitrogen and oxygen atoms in total. The highest BCUT2D eigenvalue weighted by atomic mass is 16.6. The summed E-state index contributed by atoms with van der Waals surface area (Å²) < 4.78 is 0. The number of carbonyl (C=O) groups excluding carboxylic acids is 1. The number of nitro groups is 1. The fourth-order valence-electron chi connectivity index (χ4n) is 3.07. The van der Waals surface area contributed by atoms with E-state index in [1.54, 1.807) is 17.0 Å². The minimum Gasteiger partial charge on any atom is -0.389 e. The maximum Gasteiger partial charge on any atom is 0.269 e. The first kappa shape index (κ1) is 17.4. The van der Waals surface area contributed by atoms with Crippen molar-refractivity contribution in [3.05, 3.63) is 39.9 Å². The third kappa shape index (κ3) is 4.51. The van der Waals surface area contributed by atoms with Crippen LogP contribution in [0.3, 0.4) is 0 Å². The fraction of sp³-hybridized carbons (Fsp3) is 0.588. The van der Waals surface area contributed by atoms with Crippen molar-refractivity contribution < 1.29 is 14.8 Å². The SMILES string of the molecule is CC(C)N(Cc1ccc([N+](=O)[O-])cc1)C(=O)CC1(O)CCCC1. The predicted octanol–water partition coefficient (Wildman–Crippen LogP) is 3.03. The van der Waals surface area contributed by atoms with Crippen LogP contribution in [0.1, 0.15) is 51.5 Å². The quantitative estimate of drug-likeness (QED) is 0.645. The highest BCUT2D eigenvalue weighted by molar-refractivity contribution is 5.77. The van der Waals surface area contributed by atoms with Crippen LogP contribution in [0.2, 0.25) is 0 Å². The van der Waals surface area contributed by atoms with E-state index in [2.05, 4.69) is 0 Å². The molecule has 0 bridgehead atoms. The molecule has 0 atom stereocenters. The van der Waals surface area contributed by atoms with Crippen LogP contribution in [0.15, 0.2) is 24.3 Å². The molecule has 1 aromatic rings. The lowest BCUT2D eigenvalue weighted by Gasteiger charge is -2.30. The molecular weight excluding hydrogens is 296 g/mol. The molecule has 1 aliphatic carbocycles. The molecule has 0 saturated heterocycles. The molecule has 23 heavy (non-hydrogen) atoms. The first-order chi connectivity index (χ1) is 10.8. The van der Waals surface area contributed by atoms with Crippen LogP contribution in [-0.2, 0) is 11.3 Å². The lowest BCUT2D eigenvalue weighted by Crippen LogP contribution is -2.41. The van der Waals surface area contributed by atoms with E-state index in [1.807, 2.05) is 13.8 Å². The molecule has 0 spiro atoms. The van der Waals surface area contributed by atoms with E-state index < -0.39 is 10.5 Å². The van der Waals surface area contributed by atoms with Crippen LogP contribution in [0.4, 0.5) is 5.69 Å². The Bertz CT molecular complexity index is 562. The monoisotopic (exact) mass is 320 g/mol. The first-order valence-electron chi connectivity index (χ1n) is 8.06. The molecule has 0 unspecified atom stereocenters. The van der Waals surface area contributed by atoms with Gasteiger partial charge in [0, 0.05) is 24.7 Å². The lowest BCUT2D eigenvalue weighted by atomic mass is 9.96. The summed E-state index contributed by atoms with van der Waals surface area (Å²) >= 11 is 0. The van der Waals surface area contributed by atoms with Crippen molar-refractivity contribution in [2.75, 3.05) is 0 Å². The van der Waals surface area contributed by atoms with Crippen molar-refractivity contribution in [1.29, 1.82) is 0 Å². The molecule has 1 fully saturated rings. The van der Waals surface area contributed by atoms with Gasteiger partial charge < -0.3 is 10.0 Å². The normalized spacial score (nSPS) is 16.5. The minimum absolute atomic E-state index is 0.00250. The van der Waals surface area contributed by atoms with E-state index in [1.165, 1.54) is 12.1 Å². The largest absolute Gasteiger partial charge is 0.389 e. The molecule has 1 N–H and O–H groups in total. The van der Waals surface area contributed by atoms with Crippen LogP contribution < -0.4 is 0 Å². The van der Waals surface area contributed by atoms with Crippen molar-refractivity contribution in [1.82, 2.24) is 4.90 Å². The molecule has 1 saturated carbocycles. The molecule has 0 aromatic heterocycles. The molecule has 0 radical (unpaired) electrons. The summed E-state index contributed by atoms with van der Waals surface area (Å²) in [5.74, 6) is -0.0669. The number of rotatable bonds is 6. The maximum atomic E-state index is 12.6. The Morgan fingerprint density at radius 1 is 1.30 bits per heavy atom. The Labute approximate surface area is 136 Å². The highest BCUT2D eigenvalue weighted by Gasteiger charge is 2.35. The van der Waals surface area contributed by atoms with Crippen LogP contribution in [0.25, 0.3) is 0 Å². The predicted molar refractivity (Wildman–Crippen MR) is 86.8 cm³/mol. The van der Waals surface area contributed by atoms with Crippen molar-refractivity contribution in [2.24, 2.45) is 0 Å². The second-order valence-electron chi connectivity index (χ2n) is 6.65. The van der Waals surface area contributed by atoms with Gasteiger partial charge in [0.2, 0.25) is 5.91 Å². The average Bonchev–Trinajstić information content (AvgIpc) is 2.91. The van der Waals surface area contributed by atoms with Crippen LogP contribution in [0.5, 0.6) is 0 Å². The van der Waals surface area contributed by atoms with E-state index in [0.717, 1.165) is 18.4 Å². The zero-order valence-corrected chi connectivity index (χ0v) is 13.7. The van der Waals surface area contributed by atoms with E-state index in [9.17, 15) is 20.0 Å². The van der Waals surface area contributed by atoms with Gasteiger partial charge in [-0.2, -0.15) is 0 Å². The second kappa shape index (κ2) is 7.08. The zero-order valence-electron chi connectivity index (χ0n) is 13.7. The van der Waals surface area contributed by atoms with E-state index in [-0.39, 0.29) is 24.1 Å². The molecule has 6 heteroatoms. The van der Waals surface area contributed by atoms with Crippen molar-refractivity contribution in [3.8, 4) is 0 Å². The lowest BCUT2D eigenvalue weighted by molar-refractivity contribution is -0.384. The van der Waals surface area contributed by atoms with Gasteiger partial charge in [0.1, 0.15) is 0 Å². The summed E-state index contributed by atoms with van der Waals surface area (Å²) in [5.41, 5.74) is 0.0205. The average molecular weight is 320 g/mol. The number of nitrogens with zero attached hydrogens (tertiary/aromatic N) is 2. The van der Waals surface area contributed by atoms with Crippen LogP contribution in [0, 0.1) is 10.1 Å². The number of non-ortho nitro benzene ring substituents is 1. The van der Waals surface area contributed by atoms with Gasteiger partial charge in [0.05, 0.1) is 16.9 Å². The number of carbonyl (C=O) groups is 1. The van der Waals surface area contributed by atoms with Crippen LogP contribution >= 0.6 is 0 Å². The Morgan fingerprint density at radius 2 is 1.87 bits per heavy atom. The summed E-state index contributed by atoms with van der Waals surface area (Å²) in [6.07, 6.45) is 3.45. The summed E-state index contributed by atoms with van der Waals surface area (Å²) in [6.45, 7) is 4.26. The second-order valence-corrected chi connectivity index (χ2v) is 6.65. The van der Waals surface area contributed by atoms with Gasteiger partial charge in [-0.25, -0.2) is 0 Å². The van der Waals surface area contributed by atoms with Gasteiger partial charge in [-0.15, -0.1) is 0 Å².